The summed E-state index contributed by atoms with van der Waals surface area (Å²) in [5, 5.41) is 18.5. The van der Waals surface area contributed by atoms with Crippen molar-refractivity contribution in [1.82, 2.24) is 20.1 Å². The number of aliphatic hydroxyl groups is 1. The molecule has 3 atom stereocenters. The molecule has 0 spiro atoms. The van der Waals surface area contributed by atoms with Crippen LogP contribution in [0.3, 0.4) is 0 Å². The molecule has 168 valence electrons. The molecule has 1 saturated carbocycles. The molecule has 1 unspecified atom stereocenters. The summed E-state index contributed by atoms with van der Waals surface area (Å²) in [4.78, 5) is 16.9. The summed E-state index contributed by atoms with van der Waals surface area (Å²) < 4.78 is 39.2. The maximum Gasteiger partial charge on any atom is 0.426 e. The summed E-state index contributed by atoms with van der Waals surface area (Å²) in [5.74, 6) is 0.365. The van der Waals surface area contributed by atoms with E-state index in [0.29, 0.717) is 19.2 Å². The highest BCUT2D eigenvalue weighted by atomic mass is 19.4. The number of carbonyl (C=O) groups is 1. The number of rotatable bonds is 4. The highest BCUT2D eigenvalue weighted by Crippen LogP contribution is 2.57. The number of piperidine rings is 1. The lowest BCUT2D eigenvalue weighted by Gasteiger charge is -2.42. The van der Waals surface area contributed by atoms with Gasteiger partial charge in [-0.3, -0.25) is 4.79 Å². The quantitative estimate of drug-likeness (QED) is 0.767. The van der Waals surface area contributed by atoms with Crippen LogP contribution in [0.2, 0.25) is 0 Å². The maximum atomic E-state index is 13.1. The molecule has 9 heteroatoms. The van der Waals surface area contributed by atoms with Gasteiger partial charge in [-0.25, -0.2) is 0 Å². The average Bonchev–Trinajstić information content (AvgIpc) is 3.35. The highest BCUT2D eigenvalue weighted by molar-refractivity contribution is 5.85. The number of amides is 1. The van der Waals surface area contributed by atoms with Crippen LogP contribution in [0.1, 0.15) is 44.5 Å². The van der Waals surface area contributed by atoms with E-state index in [2.05, 4.69) is 15.2 Å². The number of aromatic amines is 1. The fraction of sp³-hybridized carbons (Fsp3) is 0.591. The second-order valence-corrected chi connectivity index (χ2v) is 9.24. The van der Waals surface area contributed by atoms with Crippen molar-refractivity contribution in [3.63, 3.8) is 0 Å². The number of nitrogens with zero attached hydrogens (tertiary/aromatic N) is 3. The Kier molecular flexibility index (Phi) is 5.15. The Balaban J connectivity index is 1.49. The lowest BCUT2D eigenvalue weighted by molar-refractivity contribution is -0.251. The predicted molar refractivity (Wildman–Crippen MR) is 108 cm³/mol. The van der Waals surface area contributed by atoms with E-state index in [-0.39, 0.29) is 30.3 Å². The topological polar surface area (TPSA) is 82.1 Å². The third-order valence-electron chi connectivity index (χ3n) is 6.94. The number of carbonyl (C=O) groups excluding carboxylic acids is 1. The Morgan fingerprint density at radius 2 is 1.87 bits per heavy atom. The molecule has 6 nitrogen and oxygen atoms in total. The van der Waals surface area contributed by atoms with Gasteiger partial charge in [0.1, 0.15) is 5.82 Å². The number of benzene rings is 1. The summed E-state index contributed by atoms with van der Waals surface area (Å²) in [6, 6.07) is 7.99. The molecule has 2 fully saturated rings. The first-order valence-electron chi connectivity index (χ1n) is 10.5. The number of H-pyrrole nitrogens is 1. The van der Waals surface area contributed by atoms with Crippen LogP contribution in [0.15, 0.2) is 24.3 Å². The Morgan fingerprint density at radius 1 is 1.23 bits per heavy atom. The molecule has 2 N–H and O–H groups in total. The first-order valence-corrected chi connectivity index (χ1v) is 10.5. The molecular formula is C22H27F3N4O2. The molecule has 1 saturated heterocycles. The van der Waals surface area contributed by atoms with Crippen LogP contribution >= 0.6 is 0 Å². The van der Waals surface area contributed by atoms with Crippen LogP contribution in [0, 0.1) is 18.8 Å². The number of hydrogen-bond acceptors (Lipinski definition) is 4. The van der Waals surface area contributed by atoms with Crippen molar-refractivity contribution >= 4 is 5.91 Å². The highest BCUT2D eigenvalue weighted by Gasteiger charge is 2.59. The zero-order valence-electron chi connectivity index (χ0n) is 17.8. The number of nitrogens with one attached hydrogen (secondary N) is 1. The van der Waals surface area contributed by atoms with Gasteiger partial charge in [0.2, 0.25) is 5.60 Å². The van der Waals surface area contributed by atoms with Crippen molar-refractivity contribution in [2.75, 3.05) is 13.1 Å². The summed E-state index contributed by atoms with van der Waals surface area (Å²) >= 11 is 0. The fourth-order valence-corrected chi connectivity index (χ4v) is 4.83. The van der Waals surface area contributed by atoms with Gasteiger partial charge < -0.3 is 15.0 Å². The van der Waals surface area contributed by atoms with Crippen molar-refractivity contribution in [3.8, 4) is 11.4 Å². The molecule has 1 aliphatic heterocycles. The van der Waals surface area contributed by atoms with E-state index in [9.17, 15) is 23.1 Å². The van der Waals surface area contributed by atoms with Gasteiger partial charge in [0.15, 0.2) is 5.82 Å². The predicted octanol–water partition coefficient (Wildman–Crippen LogP) is 3.61. The van der Waals surface area contributed by atoms with E-state index < -0.39 is 17.7 Å². The molecule has 0 bridgehead atoms. The minimum atomic E-state index is -5.01. The zero-order chi connectivity index (χ0) is 22.6. The van der Waals surface area contributed by atoms with Crippen LogP contribution in [0.25, 0.3) is 11.4 Å². The SMILES string of the molecule is Cc1ccc(-c2nnc(C3(C4CCN(C(=O)[C@@](C)(O)C(F)(F)F)C[C@H]4C)CC3)[nH]2)cc1. The van der Waals surface area contributed by atoms with E-state index in [0.717, 1.165) is 34.7 Å². The van der Waals surface area contributed by atoms with Crippen LogP contribution in [-0.4, -0.2) is 56.0 Å². The molecule has 1 aromatic carbocycles. The van der Waals surface area contributed by atoms with E-state index in [1.165, 1.54) is 0 Å². The van der Waals surface area contributed by atoms with Gasteiger partial charge in [-0.1, -0.05) is 36.8 Å². The van der Waals surface area contributed by atoms with Gasteiger partial charge in [-0.15, -0.1) is 10.2 Å². The fourth-order valence-electron chi connectivity index (χ4n) is 4.83. The Morgan fingerprint density at radius 3 is 2.42 bits per heavy atom. The molecule has 1 aliphatic carbocycles. The van der Waals surface area contributed by atoms with Gasteiger partial charge in [-0.2, -0.15) is 13.2 Å². The van der Waals surface area contributed by atoms with Crippen molar-refractivity contribution in [3.05, 3.63) is 35.7 Å². The third-order valence-corrected chi connectivity index (χ3v) is 6.94. The molecule has 2 aliphatic rings. The van der Waals surface area contributed by atoms with Crippen molar-refractivity contribution in [2.24, 2.45) is 11.8 Å². The largest absolute Gasteiger partial charge is 0.426 e. The molecular weight excluding hydrogens is 409 g/mol. The Hall–Kier alpha value is -2.42. The lowest BCUT2D eigenvalue weighted by Crippen LogP contribution is -2.59. The van der Waals surface area contributed by atoms with Gasteiger partial charge in [0, 0.05) is 24.1 Å². The van der Waals surface area contributed by atoms with Gasteiger partial charge in [-0.05, 0) is 44.9 Å². The minimum Gasteiger partial charge on any atom is -0.373 e. The summed E-state index contributed by atoms with van der Waals surface area (Å²) in [7, 11) is 0. The molecule has 0 radical (unpaired) electrons. The average molecular weight is 436 g/mol. The summed E-state index contributed by atoms with van der Waals surface area (Å²) in [6.07, 6.45) is -2.59. The van der Waals surface area contributed by atoms with Crippen molar-refractivity contribution in [2.45, 2.75) is 57.2 Å². The number of aryl methyl sites for hydroxylation is 1. The van der Waals surface area contributed by atoms with E-state index in [1.807, 2.05) is 38.1 Å². The molecule has 1 amide bonds. The first-order chi connectivity index (χ1) is 14.5. The molecule has 2 heterocycles. The Labute approximate surface area is 178 Å². The van der Waals surface area contributed by atoms with Crippen molar-refractivity contribution in [1.29, 1.82) is 0 Å². The molecule has 1 aromatic heterocycles. The summed E-state index contributed by atoms with van der Waals surface area (Å²) in [6.45, 7) is 4.85. The van der Waals surface area contributed by atoms with Gasteiger partial charge >= 0.3 is 6.18 Å². The number of halogens is 3. The van der Waals surface area contributed by atoms with Gasteiger partial charge in [0.25, 0.3) is 5.91 Å². The van der Waals surface area contributed by atoms with E-state index in [1.54, 1.807) is 0 Å². The normalized spacial score (nSPS) is 25.2. The summed E-state index contributed by atoms with van der Waals surface area (Å²) in [5.41, 5.74) is -1.45. The second-order valence-electron chi connectivity index (χ2n) is 9.24. The number of likely N-dealkylation sites (tertiary alicyclic amines) is 1. The van der Waals surface area contributed by atoms with Crippen LogP contribution in [-0.2, 0) is 10.2 Å². The Bertz CT molecular complexity index is 964. The van der Waals surface area contributed by atoms with E-state index in [4.69, 9.17) is 0 Å². The van der Waals surface area contributed by atoms with Crippen molar-refractivity contribution < 1.29 is 23.1 Å². The monoisotopic (exact) mass is 436 g/mol. The van der Waals surface area contributed by atoms with E-state index >= 15 is 0 Å². The molecule has 4 rings (SSSR count). The maximum absolute atomic E-state index is 13.1. The molecule has 31 heavy (non-hydrogen) atoms. The second kappa shape index (κ2) is 7.32. The van der Waals surface area contributed by atoms with Crippen LogP contribution in [0.4, 0.5) is 13.2 Å². The first kappa shape index (κ1) is 21.8. The minimum absolute atomic E-state index is 0.0304. The number of alkyl halides is 3. The lowest BCUT2D eigenvalue weighted by atomic mass is 9.74. The third kappa shape index (κ3) is 3.73. The smallest absolute Gasteiger partial charge is 0.373 e. The number of hydrogen-bond donors (Lipinski definition) is 2. The molecule has 2 aromatic rings. The van der Waals surface area contributed by atoms with Crippen LogP contribution < -0.4 is 0 Å². The van der Waals surface area contributed by atoms with Gasteiger partial charge in [0.05, 0.1) is 0 Å². The van der Waals surface area contributed by atoms with Crippen LogP contribution in [0.5, 0.6) is 0 Å². The number of aromatic nitrogens is 3. The standard InChI is InChI=1S/C22H27F3N4O2/c1-13-4-6-15(7-5-13)17-26-18(28-27-17)21(9-10-21)16-8-11-29(12-14(16)2)19(30)20(3,31)22(23,24)25/h4-7,14,16,31H,8-12H2,1-3H3,(H,26,27,28)/t14-,16?,20-/m1/s1. The zero-order valence-corrected chi connectivity index (χ0v) is 17.8.